The van der Waals surface area contributed by atoms with Gasteiger partial charge < -0.3 is 10.4 Å². The quantitative estimate of drug-likeness (QED) is 0.840. The minimum atomic E-state index is -0.927. The number of rotatable bonds is 6. The largest absolute Gasteiger partial charge is 0.481 e. The second kappa shape index (κ2) is 7.03. The second-order valence-electron chi connectivity index (χ2n) is 6.85. The molecule has 6 nitrogen and oxygen atoms in total. The van der Waals surface area contributed by atoms with Gasteiger partial charge in [-0.05, 0) is 44.0 Å². The van der Waals surface area contributed by atoms with Crippen molar-refractivity contribution >= 4 is 23.3 Å². The first kappa shape index (κ1) is 18.0. The lowest BCUT2D eigenvalue weighted by molar-refractivity contribution is -0.138. The Morgan fingerprint density at radius 2 is 1.96 bits per heavy atom. The van der Waals surface area contributed by atoms with E-state index >= 15 is 0 Å². The molecule has 1 unspecified atom stereocenters. The van der Waals surface area contributed by atoms with Crippen LogP contribution in [0.2, 0.25) is 0 Å². The van der Waals surface area contributed by atoms with Gasteiger partial charge in [-0.3, -0.25) is 14.6 Å². The zero-order valence-corrected chi connectivity index (χ0v) is 14.7. The number of carboxylic acid groups (broad SMARTS) is 1. The number of amides is 1. The number of carbonyl (C=O) groups excluding carboxylic acids is 1. The van der Waals surface area contributed by atoms with E-state index in [-0.39, 0.29) is 18.2 Å². The Hall–Kier alpha value is -2.37. The molecule has 0 saturated heterocycles. The van der Waals surface area contributed by atoms with Crippen LogP contribution in [-0.2, 0) is 4.79 Å². The topological polar surface area (TPSA) is 82.0 Å². The van der Waals surface area contributed by atoms with Crippen LogP contribution in [0, 0.1) is 5.92 Å². The summed E-state index contributed by atoms with van der Waals surface area (Å²) in [5.41, 5.74) is 1.76. The van der Waals surface area contributed by atoms with E-state index in [4.69, 9.17) is 5.11 Å². The van der Waals surface area contributed by atoms with Gasteiger partial charge in [0.2, 0.25) is 0 Å². The molecule has 0 spiro atoms. The van der Waals surface area contributed by atoms with Crippen LogP contribution in [0.15, 0.2) is 29.4 Å². The van der Waals surface area contributed by atoms with Gasteiger partial charge >= 0.3 is 5.97 Å². The van der Waals surface area contributed by atoms with Crippen molar-refractivity contribution in [3.05, 3.63) is 29.8 Å². The molecule has 130 valence electrons. The third-order valence-electron chi connectivity index (χ3n) is 4.60. The van der Waals surface area contributed by atoms with Crippen LogP contribution < -0.4 is 10.3 Å². The van der Waals surface area contributed by atoms with Crippen LogP contribution in [0.25, 0.3) is 0 Å². The highest BCUT2D eigenvalue weighted by atomic mass is 16.4. The van der Waals surface area contributed by atoms with E-state index in [1.165, 1.54) is 0 Å². The van der Waals surface area contributed by atoms with E-state index in [2.05, 4.69) is 10.4 Å². The fourth-order valence-corrected chi connectivity index (χ4v) is 2.58. The Labute approximate surface area is 142 Å². The molecule has 0 saturated carbocycles. The Balaban J connectivity index is 2.10. The number of benzene rings is 1. The molecule has 1 aromatic carbocycles. The molecule has 1 aromatic rings. The number of nitrogens with one attached hydrogen (secondary N) is 1. The molecule has 1 atom stereocenters. The van der Waals surface area contributed by atoms with Gasteiger partial charge in [-0.25, -0.2) is 0 Å². The molecular weight excluding hydrogens is 306 g/mol. The Morgan fingerprint density at radius 3 is 2.42 bits per heavy atom. The van der Waals surface area contributed by atoms with Crippen molar-refractivity contribution in [2.24, 2.45) is 11.0 Å². The number of nitrogens with zero attached hydrogens (tertiary/aromatic N) is 2. The molecule has 0 aliphatic carbocycles. The van der Waals surface area contributed by atoms with Crippen molar-refractivity contribution in [2.45, 2.75) is 46.1 Å². The predicted octanol–water partition coefficient (Wildman–Crippen LogP) is 2.89. The summed E-state index contributed by atoms with van der Waals surface area (Å²) in [6.07, 6.45) is 0.834. The number of hydrogen-bond acceptors (Lipinski definition) is 4. The minimum Gasteiger partial charge on any atom is -0.481 e. The molecule has 6 heteroatoms. The third kappa shape index (κ3) is 4.13. The maximum Gasteiger partial charge on any atom is 0.305 e. The van der Waals surface area contributed by atoms with E-state index in [0.29, 0.717) is 5.56 Å². The van der Waals surface area contributed by atoms with E-state index in [1.54, 1.807) is 19.1 Å². The first-order chi connectivity index (χ1) is 11.2. The molecule has 0 aromatic heterocycles. The molecule has 1 aliphatic heterocycles. The molecule has 2 rings (SSSR count). The number of carboxylic acids is 1. The molecule has 0 radical (unpaired) electrons. The van der Waals surface area contributed by atoms with E-state index in [1.807, 2.05) is 37.9 Å². The standard InChI is InChI=1S/C18H25N3O3/c1-12(2)18(4,11-16(22)23)19-17(24)14-5-7-15(8-6-14)21-10-9-13(3)20-21/h5-8,12H,9-11H2,1-4H3,(H,19,24)(H,22,23). The Bertz CT molecular complexity index is 652. The number of aliphatic carboxylic acids is 1. The summed E-state index contributed by atoms with van der Waals surface area (Å²) in [7, 11) is 0. The maximum absolute atomic E-state index is 12.5. The summed E-state index contributed by atoms with van der Waals surface area (Å²) < 4.78 is 0. The number of hydrogen-bond donors (Lipinski definition) is 2. The average Bonchev–Trinajstić information content (AvgIpc) is 2.93. The average molecular weight is 331 g/mol. The summed E-state index contributed by atoms with van der Waals surface area (Å²) in [6.45, 7) is 8.41. The van der Waals surface area contributed by atoms with Gasteiger partial charge in [0, 0.05) is 24.2 Å². The summed E-state index contributed by atoms with van der Waals surface area (Å²) in [4.78, 5) is 23.6. The monoisotopic (exact) mass is 331 g/mol. The normalized spacial score (nSPS) is 16.7. The van der Waals surface area contributed by atoms with Crippen LogP contribution in [0.4, 0.5) is 5.69 Å². The second-order valence-corrected chi connectivity index (χ2v) is 6.85. The van der Waals surface area contributed by atoms with Gasteiger partial charge in [0.1, 0.15) is 0 Å². The van der Waals surface area contributed by atoms with Crippen molar-refractivity contribution in [1.82, 2.24) is 5.32 Å². The highest BCUT2D eigenvalue weighted by Gasteiger charge is 2.33. The molecule has 2 N–H and O–H groups in total. The van der Waals surface area contributed by atoms with Crippen LogP contribution >= 0.6 is 0 Å². The van der Waals surface area contributed by atoms with Crippen LogP contribution in [0.5, 0.6) is 0 Å². The molecule has 0 fully saturated rings. The first-order valence-electron chi connectivity index (χ1n) is 8.17. The van der Waals surface area contributed by atoms with Crippen LogP contribution in [0.1, 0.15) is 50.9 Å². The van der Waals surface area contributed by atoms with E-state index in [0.717, 1.165) is 24.4 Å². The third-order valence-corrected chi connectivity index (χ3v) is 4.60. The summed E-state index contributed by atoms with van der Waals surface area (Å²) in [5, 5.41) is 18.3. The molecular formula is C18H25N3O3. The predicted molar refractivity (Wildman–Crippen MR) is 94.5 cm³/mol. The fourth-order valence-electron chi connectivity index (χ4n) is 2.58. The highest BCUT2D eigenvalue weighted by Crippen LogP contribution is 2.23. The summed E-state index contributed by atoms with van der Waals surface area (Å²) >= 11 is 0. The Morgan fingerprint density at radius 1 is 1.33 bits per heavy atom. The van der Waals surface area contributed by atoms with Gasteiger partial charge in [0.25, 0.3) is 5.91 Å². The molecule has 1 heterocycles. The Kier molecular flexibility index (Phi) is 5.26. The van der Waals surface area contributed by atoms with Crippen molar-refractivity contribution in [3.8, 4) is 0 Å². The lowest BCUT2D eigenvalue weighted by atomic mass is 9.85. The van der Waals surface area contributed by atoms with Crippen molar-refractivity contribution < 1.29 is 14.7 Å². The van der Waals surface area contributed by atoms with E-state index in [9.17, 15) is 9.59 Å². The number of hydrazone groups is 1. The molecule has 1 aliphatic rings. The number of anilines is 1. The zero-order valence-electron chi connectivity index (χ0n) is 14.7. The van der Waals surface area contributed by atoms with Crippen molar-refractivity contribution in [1.29, 1.82) is 0 Å². The lowest BCUT2D eigenvalue weighted by Gasteiger charge is -2.33. The highest BCUT2D eigenvalue weighted by molar-refractivity contribution is 5.95. The summed E-state index contributed by atoms with van der Waals surface area (Å²) in [5.74, 6) is -1.19. The SMILES string of the molecule is CC1=NN(c2ccc(C(=O)NC(C)(CC(=O)O)C(C)C)cc2)CC1. The zero-order chi connectivity index (χ0) is 17.9. The van der Waals surface area contributed by atoms with Gasteiger partial charge in [0.05, 0.1) is 17.6 Å². The molecule has 1 amide bonds. The summed E-state index contributed by atoms with van der Waals surface area (Å²) in [6, 6.07) is 7.21. The van der Waals surface area contributed by atoms with Gasteiger partial charge in [-0.1, -0.05) is 13.8 Å². The lowest BCUT2D eigenvalue weighted by Crippen LogP contribution is -2.51. The van der Waals surface area contributed by atoms with Gasteiger partial charge in [-0.2, -0.15) is 5.10 Å². The first-order valence-corrected chi connectivity index (χ1v) is 8.17. The molecule has 0 bridgehead atoms. The number of carbonyl (C=O) groups is 2. The maximum atomic E-state index is 12.5. The van der Waals surface area contributed by atoms with Gasteiger partial charge in [0.15, 0.2) is 0 Å². The molecule has 24 heavy (non-hydrogen) atoms. The fraction of sp³-hybridized carbons (Fsp3) is 0.500. The van der Waals surface area contributed by atoms with Crippen molar-refractivity contribution in [3.63, 3.8) is 0 Å². The van der Waals surface area contributed by atoms with Crippen molar-refractivity contribution in [2.75, 3.05) is 11.6 Å². The van der Waals surface area contributed by atoms with Crippen LogP contribution in [0.3, 0.4) is 0 Å². The minimum absolute atomic E-state index is 0.00117. The van der Waals surface area contributed by atoms with E-state index < -0.39 is 11.5 Å². The van der Waals surface area contributed by atoms with Crippen LogP contribution in [-0.4, -0.2) is 34.8 Å². The van der Waals surface area contributed by atoms with Gasteiger partial charge in [-0.15, -0.1) is 0 Å². The smallest absolute Gasteiger partial charge is 0.305 e.